The first-order valence-corrected chi connectivity index (χ1v) is 9.79. The molecule has 0 radical (unpaired) electrons. The first-order chi connectivity index (χ1) is 15.5. The van der Waals surface area contributed by atoms with Crippen molar-refractivity contribution >= 4 is 29.2 Å². The fourth-order valence-corrected chi connectivity index (χ4v) is 2.68. The molecule has 1 aromatic heterocycles. The molecule has 0 aliphatic heterocycles. The lowest BCUT2D eigenvalue weighted by Gasteiger charge is -2.27. The lowest BCUT2D eigenvalue weighted by atomic mass is 10.0. The molecule has 11 heteroatoms. The van der Waals surface area contributed by atoms with Crippen LogP contribution in [-0.4, -0.2) is 32.7 Å². The van der Waals surface area contributed by atoms with Gasteiger partial charge in [0, 0.05) is 24.4 Å². The summed E-state index contributed by atoms with van der Waals surface area (Å²) >= 11 is 0. The molecule has 0 saturated heterocycles. The molecule has 3 rings (SSSR count). The summed E-state index contributed by atoms with van der Waals surface area (Å²) in [4.78, 5) is 22.3. The normalized spacial score (nSPS) is 12.2. The van der Waals surface area contributed by atoms with Crippen LogP contribution >= 0.6 is 0 Å². The van der Waals surface area contributed by atoms with Crippen LogP contribution in [0.1, 0.15) is 20.8 Å². The second-order valence-corrected chi connectivity index (χ2v) is 7.75. The Labute approximate surface area is 187 Å². The van der Waals surface area contributed by atoms with E-state index in [2.05, 4.69) is 20.6 Å². The fraction of sp³-hybridized carbons (Fsp3) is 0.227. The second kappa shape index (κ2) is 9.41. The number of carbonyl (C=O) groups is 1. The molecule has 1 heterocycles. The quantitative estimate of drug-likeness (QED) is 0.355. The number of rotatable bonds is 6. The van der Waals surface area contributed by atoms with Crippen molar-refractivity contribution in [1.29, 1.82) is 0 Å². The number of nitrogens with one attached hydrogen (secondary N) is 2. The van der Waals surface area contributed by atoms with Crippen molar-refractivity contribution in [3.05, 3.63) is 71.9 Å². The molecule has 0 unspecified atom stereocenters. The Kier molecular flexibility index (Phi) is 6.82. The minimum absolute atomic E-state index is 0.0168. The Morgan fingerprint density at radius 1 is 1.06 bits per heavy atom. The van der Waals surface area contributed by atoms with Gasteiger partial charge < -0.3 is 15.7 Å². The molecule has 0 spiro atoms. The average molecular weight is 463 g/mol. The molecule has 174 valence electrons. The zero-order valence-electron chi connectivity index (χ0n) is 17.9. The summed E-state index contributed by atoms with van der Waals surface area (Å²) in [5.41, 5.74) is -1.72. The molecule has 0 aliphatic rings. The number of carbonyl (C=O) groups excluding carboxylic acids is 1. The van der Waals surface area contributed by atoms with Crippen LogP contribution in [0.25, 0.3) is 0 Å². The predicted molar refractivity (Wildman–Crippen MR) is 115 cm³/mol. The molecule has 3 N–H and O–H groups in total. The van der Waals surface area contributed by atoms with Crippen LogP contribution in [0.15, 0.2) is 48.7 Å². The maximum atomic E-state index is 14.1. The lowest BCUT2D eigenvalue weighted by molar-refractivity contribution is 0.0646. The average Bonchev–Trinajstić information content (AvgIpc) is 2.73. The topological polar surface area (TPSA) is 90.4 Å². The molecule has 3 aromatic rings. The number of nitrogens with zero attached hydrogens (tertiary/aromatic N) is 3. The minimum Gasteiger partial charge on any atom is -0.388 e. The molecular formula is C22H21F4N5O2. The summed E-state index contributed by atoms with van der Waals surface area (Å²) in [5.74, 6) is -4.55. The van der Waals surface area contributed by atoms with Crippen LogP contribution in [0, 0.1) is 23.3 Å². The van der Waals surface area contributed by atoms with Crippen LogP contribution in [0.2, 0.25) is 0 Å². The molecule has 2 aromatic carbocycles. The molecule has 7 nitrogen and oxygen atoms in total. The van der Waals surface area contributed by atoms with Crippen molar-refractivity contribution in [2.45, 2.75) is 32.4 Å². The summed E-state index contributed by atoms with van der Waals surface area (Å²) in [6.07, 6.45) is 1.33. The van der Waals surface area contributed by atoms with Crippen molar-refractivity contribution < 1.29 is 27.5 Å². The van der Waals surface area contributed by atoms with E-state index in [1.54, 1.807) is 20.8 Å². The van der Waals surface area contributed by atoms with Gasteiger partial charge in [-0.3, -0.25) is 0 Å². The van der Waals surface area contributed by atoms with Crippen molar-refractivity contribution in [2.75, 3.05) is 15.5 Å². The van der Waals surface area contributed by atoms with Gasteiger partial charge in [-0.25, -0.2) is 32.2 Å². The third kappa shape index (κ3) is 5.75. The third-order valence-corrected chi connectivity index (χ3v) is 4.80. The van der Waals surface area contributed by atoms with Gasteiger partial charge in [-0.15, -0.1) is 0 Å². The molecule has 2 amide bonds. The Hall–Kier alpha value is -3.73. The Morgan fingerprint density at radius 3 is 2.36 bits per heavy atom. The van der Waals surface area contributed by atoms with E-state index in [9.17, 15) is 27.5 Å². The zero-order valence-corrected chi connectivity index (χ0v) is 17.9. The SMILES string of the molecule is C[C@H](Nc1nccc(N(C(=O)Nc2cc(F)cc(F)c2F)c2ccc(F)cc2)n1)C(C)(C)O. The molecule has 0 aliphatic carbocycles. The molecule has 33 heavy (non-hydrogen) atoms. The van der Waals surface area contributed by atoms with Gasteiger partial charge in [0.2, 0.25) is 5.95 Å². The Bertz CT molecular complexity index is 1150. The lowest BCUT2D eigenvalue weighted by Crippen LogP contribution is -2.40. The number of hydrogen-bond donors (Lipinski definition) is 3. The van der Waals surface area contributed by atoms with E-state index in [1.165, 1.54) is 24.4 Å². The highest BCUT2D eigenvalue weighted by Gasteiger charge is 2.25. The van der Waals surface area contributed by atoms with Gasteiger partial charge in [0.05, 0.1) is 23.0 Å². The number of benzene rings is 2. The number of aliphatic hydroxyl groups is 1. The number of halogens is 4. The standard InChI is InChI=1S/C22H21F4N5O2/c1-12(22(2,3)33)28-20-27-9-8-18(30-20)31(15-6-4-13(23)5-7-15)21(32)29-17-11-14(24)10-16(25)19(17)26/h4-12,33H,1-3H3,(H,29,32)(H,27,28,30)/t12-/m0/s1. The van der Waals surface area contributed by atoms with Gasteiger partial charge >= 0.3 is 6.03 Å². The van der Waals surface area contributed by atoms with Crippen LogP contribution in [0.5, 0.6) is 0 Å². The summed E-state index contributed by atoms with van der Waals surface area (Å²) < 4.78 is 54.7. The summed E-state index contributed by atoms with van der Waals surface area (Å²) in [5, 5.41) is 15.1. The predicted octanol–water partition coefficient (Wildman–Crippen LogP) is 4.97. The van der Waals surface area contributed by atoms with E-state index in [0.717, 1.165) is 17.0 Å². The molecule has 0 bridgehead atoms. The minimum atomic E-state index is -1.48. The highest BCUT2D eigenvalue weighted by Crippen LogP contribution is 2.27. The van der Waals surface area contributed by atoms with Gasteiger partial charge in [-0.1, -0.05) is 0 Å². The monoisotopic (exact) mass is 463 g/mol. The largest absolute Gasteiger partial charge is 0.388 e. The summed E-state index contributed by atoms with van der Waals surface area (Å²) in [6.45, 7) is 4.86. The summed E-state index contributed by atoms with van der Waals surface area (Å²) in [7, 11) is 0. The van der Waals surface area contributed by atoms with Crippen molar-refractivity contribution in [3.63, 3.8) is 0 Å². The van der Waals surface area contributed by atoms with E-state index in [4.69, 9.17) is 0 Å². The van der Waals surface area contributed by atoms with E-state index in [0.29, 0.717) is 12.1 Å². The maximum absolute atomic E-state index is 14.1. The van der Waals surface area contributed by atoms with Gasteiger partial charge in [0.1, 0.15) is 17.5 Å². The second-order valence-electron chi connectivity index (χ2n) is 7.75. The van der Waals surface area contributed by atoms with E-state index < -0.39 is 46.6 Å². The number of hydrogen-bond acceptors (Lipinski definition) is 5. The van der Waals surface area contributed by atoms with Crippen LogP contribution in [-0.2, 0) is 0 Å². The maximum Gasteiger partial charge on any atom is 0.332 e. The Balaban J connectivity index is 2.00. The number of anilines is 4. The van der Waals surface area contributed by atoms with E-state index in [1.807, 2.05) is 0 Å². The van der Waals surface area contributed by atoms with E-state index >= 15 is 0 Å². The molecule has 0 saturated carbocycles. The first kappa shape index (κ1) is 23.9. The highest BCUT2D eigenvalue weighted by molar-refractivity contribution is 6.06. The van der Waals surface area contributed by atoms with Gasteiger partial charge in [0.25, 0.3) is 0 Å². The fourth-order valence-electron chi connectivity index (χ4n) is 2.68. The number of amides is 2. The van der Waals surface area contributed by atoms with Gasteiger partial charge in [-0.2, -0.15) is 4.98 Å². The van der Waals surface area contributed by atoms with Crippen LogP contribution < -0.4 is 15.5 Å². The molecule has 1 atom stereocenters. The van der Waals surface area contributed by atoms with Crippen molar-refractivity contribution in [2.24, 2.45) is 0 Å². The smallest absolute Gasteiger partial charge is 0.332 e. The third-order valence-electron chi connectivity index (χ3n) is 4.80. The first-order valence-electron chi connectivity index (χ1n) is 9.79. The Morgan fingerprint density at radius 2 is 1.73 bits per heavy atom. The molecule has 0 fully saturated rings. The highest BCUT2D eigenvalue weighted by atomic mass is 19.2. The van der Waals surface area contributed by atoms with Gasteiger partial charge in [0.15, 0.2) is 11.6 Å². The van der Waals surface area contributed by atoms with Crippen molar-refractivity contribution in [1.82, 2.24) is 9.97 Å². The summed E-state index contributed by atoms with van der Waals surface area (Å²) in [6, 6.07) is 5.54. The van der Waals surface area contributed by atoms with E-state index in [-0.39, 0.29) is 17.5 Å². The number of aromatic nitrogens is 2. The molecular weight excluding hydrogens is 442 g/mol. The zero-order chi connectivity index (χ0) is 24.3. The van der Waals surface area contributed by atoms with Crippen LogP contribution in [0.4, 0.5) is 45.5 Å². The van der Waals surface area contributed by atoms with Crippen molar-refractivity contribution in [3.8, 4) is 0 Å². The number of urea groups is 1. The van der Waals surface area contributed by atoms with Crippen LogP contribution in [0.3, 0.4) is 0 Å². The van der Waals surface area contributed by atoms with Gasteiger partial charge in [-0.05, 0) is 45.0 Å².